The van der Waals surface area contributed by atoms with Crippen molar-refractivity contribution >= 4 is 23.0 Å². The predicted octanol–water partition coefficient (Wildman–Crippen LogP) is 3.33. The third-order valence-corrected chi connectivity index (χ3v) is 4.73. The van der Waals surface area contributed by atoms with Crippen molar-refractivity contribution in [3.63, 3.8) is 0 Å². The van der Waals surface area contributed by atoms with Crippen molar-refractivity contribution in [1.82, 2.24) is 9.78 Å². The van der Waals surface area contributed by atoms with Crippen LogP contribution in [0.5, 0.6) is 0 Å². The molecule has 3 rings (SSSR count). The van der Waals surface area contributed by atoms with Gasteiger partial charge in [0.25, 0.3) is 0 Å². The number of nitrogens with zero attached hydrogens (tertiary/aromatic N) is 2. The normalized spacial score (nSPS) is 12.6. The van der Waals surface area contributed by atoms with Crippen LogP contribution in [0.1, 0.15) is 11.1 Å². The summed E-state index contributed by atoms with van der Waals surface area (Å²) in [5.41, 5.74) is -0.588. The topological polar surface area (TPSA) is 96.0 Å². The fraction of sp³-hybridized carbons (Fsp3) is 0.111. The lowest BCUT2D eigenvalue weighted by molar-refractivity contribution is -0.137. The number of carbonyl (C=O) groups excluding carboxylic acids is 1. The van der Waals surface area contributed by atoms with E-state index in [-0.39, 0.29) is 28.3 Å². The molecule has 0 aliphatic rings. The molecular formula is C18H13F5N4O2S. The second-order valence-electron chi connectivity index (χ2n) is 6.12. The second kappa shape index (κ2) is 8.42. The first-order valence-corrected chi connectivity index (χ1v) is 9.42. The van der Waals surface area contributed by atoms with Gasteiger partial charge >= 0.3 is 6.18 Å². The number of halogens is 5. The molecule has 0 radical (unpaired) electrons. The minimum atomic E-state index is -4.60. The van der Waals surface area contributed by atoms with E-state index in [1.807, 2.05) is 0 Å². The lowest BCUT2D eigenvalue weighted by Gasteiger charge is -2.12. The van der Waals surface area contributed by atoms with Gasteiger partial charge in [0.15, 0.2) is 11.6 Å². The molecule has 1 atom stereocenters. The van der Waals surface area contributed by atoms with Crippen LogP contribution in [-0.2, 0) is 28.8 Å². The Labute approximate surface area is 169 Å². The number of aromatic nitrogens is 2. The molecule has 1 amide bonds. The first-order valence-electron chi connectivity index (χ1n) is 8.21. The zero-order valence-corrected chi connectivity index (χ0v) is 15.7. The summed E-state index contributed by atoms with van der Waals surface area (Å²) in [6, 6.07) is 6.89. The zero-order valence-electron chi connectivity index (χ0n) is 14.9. The smallest absolute Gasteiger partial charge is 0.419 e. The van der Waals surface area contributed by atoms with Crippen LogP contribution in [0, 0.1) is 11.6 Å². The molecule has 1 aromatic heterocycles. The maximum absolute atomic E-state index is 13.2. The monoisotopic (exact) mass is 444 g/mol. The highest BCUT2D eigenvalue weighted by molar-refractivity contribution is 7.89. The van der Waals surface area contributed by atoms with Crippen LogP contribution in [-0.4, -0.2) is 20.2 Å². The average molecular weight is 444 g/mol. The maximum atomic E-state index is 13.2. The van der Waals surface area contributed by atoms with E-state index in [0.29, 0.717) is 12.4 Å². The number of hydrogen-bond acceptors (Lipinski definition) is 4. The molecule has 3 N–H and O–H groups in total. The zero-order chi connectivity index (χ0) is 22.1. The van der Waals surface area contributed by atoms with E-state index in [4.69, 9.17) is 5.14 Å². The highest BCUT2D eigenvalue weighted by Crippen LogP contribution is 2.30. The Kier molecular flexibility index (Phi) is 6.10. The molecule has 12 heteroatoms. The van der Waals surface area contributed by atoms with E-state index >= 15 is 0 Å². The van der Waals surface area contributed by atoms with Gasteiger partial charge in [-0.3, -0.25) is 4.79 Å². The minimum absolute atomic E-state index is 0.0323. The number of alkyl halides is 3. The van der Waals surface area contributed by atoms with Crippen molar-refractivity contribution in [2.24, 2.45) is 5.14 Å². The van der Waals surface area contributed by atoms with E-state index in [1.54, 1.807) is 0 Å². The van der Waals surface area contributed by atoms with Gasteiger partial charge in [0.2, 0.25) is 10.8 Å². The highest BCUT2D eigenvalue weighted by atomic mass is 32.2. The van der Waals surface area contributed by atoms with Gasteiger partial charge in [-0.25, -0.2) is 13.5 Å². The quantitative estimate of drug-likeness (QED) is 0.466. The summed E-state index contributed by atoms with van der Waals surface area (Å²) in [6.45, 7) is 0. The number of amides is 1. The first-order chi connectivity index (χ1) is 14.0. The summed E-state index contributed by atoms with van der Waals surface area (Å²) >= 11 is -2.11. The number of hydrogen-bond donors (Lipinski definition) is 2. The molecule has 0 aliphatic carbocycles. The number of benzene rings is 2. The number of carbonyl (C=O) groups is 1. The van der Waals surface area contributed by atoms with Gasteiger partial charge in [-0.2, -0.15) is 18.3 Å². The summed E-state index contributed by atoms with van der Waals surface area (Å²) in [7, 11) is 0. The Balaban J connectivity index is 1.81. The number of rotatable bonds is 5. The van der Waals surface area contributed by atoms with E-state index in [2.05, 4.69) is 10.4 Å². The maximum Gasteiger partial charge on any atom is 0.419 e. The number of anilines is 1. The van der Waals surface area contributed by atoms with Crippen LogP contribution in [0.3, 0.4) is 0 Å². The summed E-state index contributed by atoms with van der Waals surface area (Å²) in [5.74, 6) is -2.72. The standard InChI is InChI=1S/C18H13F5N4O2S/c19-13-3-1-10(5-14(13)20)6-17(28)26-12-2-4-15(16(7-12)30(24)29)27-9-11(8-25-27)18(21,22)23/h1-5,7-9H,6,24H2,(H,26,28). The van der Waals surface area contributed by atoms with Crippen molar-refractivity contribution in [2.75, 3.05) is 5.32 Å². The first kappa shape index (κ1) is 21.7. The third-order valence-electron chi connectivity index (χ3n) is 3.97. The molecule has 30 heavy (non-hydrogen) atoms. The highest BCUT2D eigenvalue weighted by Gasteiger charge is 2.32. The van der Waals surface area contributed by atoms with E-state index in [1.165, 1.54) is 24.3 Å². The lowest BCUT2D eigenvalue weighted by Crippen LogP contribution is -2.18. The summed E-state index contributed by atoms with van der Waals surface area (Å²) < 4.78 is 77.3. The second-order valence-corrected chi connectivity index (χ2v) is 7.16. The molecule has 1 heterocycles. The summed E-state index contributed by atoms with van der Waals surface area (Å²) in [5, 5.41) is 11.5. The number of nitrogens with one attached hydrogen (secondary N) is 1. The molecule has 6 nitrogen and oxygen atoms in total. The lowest BCUT2D eigenvalue weighted by atomic mass is 10.1. The van der Waals surface area contributed by atoms with Crippen LogP contribution in [0.4, 0.5) is 27.6 Å². The van der Waals surface area contributed by atoms with Crippen molar-refractivity contribution in [3.05, 3.63) is 71.6 Å². The number of nitrogens with two attached hydrogens (primary N) is 1. The fourth-order valence-electron chi connectivity index (χ4n) is 2.58. The van der Waals surface area contributed by atoms with E-state index in [0.717, 1.165) is 16.8 Å². The van der Waals surface area contributed by atoms with Crippen LogP contribution >= 0.6 is 0 Å². The van der Waals surface area contributed by atoms with Crippen LogP contribution in [0.15, 0.2) is 53.7 Å². The van der Waals surface area contributed by atoms with Gasteiger partial charge in [0, 0.05) is 18.0 Å². The van der Waals surface area contributed by atoms with E-state index < -0.39 is 40.6 Å². The van der Waals surface area contributed by atoms with Crippen molar-refractivity contribution in [3.8, 4) is 5.69 Å². The Hall–Kier alpha value is -2.96. The molecule has 2 aromatic carbocycles. The van der Waals surface area contributed by atoms with Crippen molar-refractivity contribution in [1.29, 1.82) is 0 Å². The molecule has 158 valence electrons. The molecule has 0 aliphatic heterocycles. The Morgan fingerprint density at radius 1 is 1.17 bits per heavy atom. The van der Waals surface area contributed by atoms with Gasteiger partial charge in [0.1, 0.15) is 5.69 Å². The Morgan fingerprint density at radius 3 is 2.50 bits per heavy atom. The molecule has 0 saturated carbocycles. The molecule has 0 spiro atoms. The minimum Gasteiger partial charge on any atom is -0.593 e. The van der Waals surface area contributed by atoms with Crippen molar-refractivity contribution in [2.45, 2.75) is 17.5 Å². The van der Waals surface area contributed by atoms with Crippen LogP contribution in [0.2, 0.25) is 0 Å². The molecule has 1 unspecified atom stereocenters. The van der Waals surface area contributed by atoms with Crippen LogP contribution in [0.25, 0.3) is 5.69 Å². The SMILES string of the molecule is N[S+]([O-])c1cc(NC(=O)Cc2ccc(F)c(F)c2)ccc1-n1cc(C(F)(F)F)cn1. The Morgan fingerprint density at radius 2 is 1.90 bits per heavy atom. The van der Waals surface area contributed by atoms with Gasteiger partial charge in [-0.1, -0.05) is 6.07 Å². The van der Waals surface area contributed by atoms with Crippen LogP contribution < -0.4 is 10.5 Å². The van der Waals surface area contributed by atoms with E-state index in [9.17, 15) is 31.3 Å². The summed E-state index contributed by atoms with van der Waals surface area (Å²) in [4.78, 5) is 12.1. The largest absolute Gasteiger partial charge is 0.593 e. The molecular weight excluding hydrogens is 431 g/mol. The summed E-state index contributed by atoms with van der Waals surface area (Å²) in [6.07, 6.45) is -3.55. The molecule has 3 aromatic rings. The Bertz CT molecular complexity index is 1080. The molecule has 0 fully saturated rings. The van der Waals surface area contributed by atoms with Gasteiger partial charge in [0.05, 0.1) is 29.5 Å². The van der Waals surface area contributed by atoms with Gasteiger partial charge in [-0.15, -0.1) is 5.14 Å². The molecule has 0 saturated heterocycles. The third kappa shape index (κ3) is 4.96. The predicted molar refractivity (Wildman–Crippen MR) is 97.9 cm³/mol. The van der Waals surface area contributed by atoms with Crippen molar-refractivity contribution < 1.29 is 31.3 Å². The van der Waals surface area contributed by atoms with Gasteiger partial charge in [-0.05, 0) is 29.8 Å². The van der Waals surface area contributed by atoms with Gasteiger partial charge < -0.3 is 9.87 Å². The fourth-order valence-corrected chi connectivity index (χ4v) is 3.19. The molecule has 0 bridgehead atoms. The average Bonchev–Trinajstić information content (AvgIpc) is 3.15.